The standard InChI is InChI=1S/C18H22N4O/c1-11(2)19-17-10-15(20-13(4)21-17)18(23)22-12(3)9-14-7-5-6-8-16(14)22/h5-8,10-12H,9H2,1-4H3,(H,19,20,21). The quantitative estimate of drug-likeness (QED) is 0.946. The average Bonchev–Trinajstić information content (AvgIpc) is 2.81. The van der Waals surface area contributed by atoms with Crippen LogP contribution in [0, 0.1) is 6.92 Å². The van der Waals surface area contributed by atoms with Crippen LogP contribution in [0.25, 0.3) is 0 Å². The summed E-state index contributed by atoms with van der Waals surface area (Å²) in [5.74, 6) is 1.22. The fourth-order valence-electron chi connectivity index (χ4n) is 3.05. The first-order chi connectivity index (χ1) is 11.0. The van der Waals surface area contributed by atoms with E-state index in [1.165, 1.54) is 5.56 Å². The number of nitrogens with zero attached hydrogens (tertiary/aromatic N) is 3. The molecule has 1 aliphatic heterocycles. The molecular formula is C18H22N4O. The third kappa shape index (κ3) is 3.04. The zero-order valence-electron chi connectivity index (χ0n) is 14.0. The van der Waals surface area contributed by atoms with Gasteiger partial charge in [-0.1, -0.05) is 18.2 Å². The highest BCUT2D eigenvalue weighted by atomic mass is 16.2. The maximum absolute atomic E-state index is 13.0. The first-order valence-corrected chi connectivity index (χ1v) is 7.99. The van der Waals surface area contributed by atoms with Crippen molar-refractivity contribution in [3.63, 3.8) is 0 Å². The van der Waals surface area contributed by atoms with Crippen LogP contribution >= 0.6 is 0 Å². The minimum absolute atomic E-state index is 0.0697. The van der Waals surface area contributed by atoms with E-state index in [1.807, 2.05) is 43.9 Å². The van der Waals surface area contributed by atoms with E-state index in [4.69, 9.17) is 0 Å². The largest absolute Gasteiger partial charge is 0.368 e. The molecule has 1 aromatic carbocycles. The molecule has 0 radical (unpaired) electrons. The normalized spacial score (nSPS) is 16.6. The first kappa shape index (κ1) is 15.5. The number of carbonyl (C=O) groups is 1. The fourth-order valence-corrected chi connectivity index (χ4v) is 3.05. The van der Waals surface area contributed by atoms with E-state index >= 15 is 0 Å². The van der Waals surface area contributed by atoms with Gasteiger partial charge in [0.15, 0.2) is 0 Å². The number of amides is 1. The lowest BCUT2D eigenvalue weighted by Gasteiger charge is -2.22. The molecule has 120 valence electrons. The Morgan fingerprint density at radius 3 is 2.78 bits per heavy atom. The zero-order valence-corrected chi connectivity index (χ0v) is 14.0. The summed E-state index contributed by atoms with van der Waals surface area (Å²) in [6.45, 7) is 7.96. The molecule has 5 nitrogen and oxygen atoms in total. The number of hydrogen-bond donors (Lipinski definition) is 1. The lowest BCUT2D eigenvalue weighted by Crippen LogP contribution is -2.36. The molecule has 3 rings (SSSR count). The van der Waals surface area contributed by atoms with Crippen molar-refractivity contribution < 1.29 is 4.79 Å². The maximum atomic E-state index is 13.0. The van der Waals surface area contributed by atoms with Gasteiger partial charge in [0.2, 0.25) is 0 Å². The van der Waals surface area contributed by atoms with Gasteiger partial charge in [0.1, 0.15) is 17.3 Å². The van der Waals surface area contributed by atoms with Crippen LogP contribution in [-0.4, -0.2) is 28.0 Å². The van der Waals surface area contributed by atoms with Crippen LogP contribution in [0.1, 0.15) is 42.6 Å². The van der Waals surface area contributed by atoms with Gasteiger partial charge in [-0.05, 0) is 45.7 Å². The molecule has 0 fully saturated rings. The number of benzene rings is 1. The van der Waals surface area contributed by atoms with Crippen molar-refractivity contribution >= 4 is 17.4 Å². The lowest BCUT2D eigenvalue weighted by molar-refractivity contribution is 0.0976. The molecule has 1 atom stereocenters. The summed E-state index contributed by atoms with van der Waals surface area (Å²) in [6.07, 6.45) is 0.878. The average molecular weight is 310 g/mol. The summed E-state index contributed by atoms with van der Waals surface area (Å²) in [4.78, 5) is 23.6. The monoisotopic (exact) mass is 310 g/mol. The smallest absolute Gasteiger partial charge is 0.277 e. The third-order valence-corrected chi connectivity index (χ3v) is 3.92. The summed E-state index contributed by atoms with van der Waals surface area (Å²) in [6, 6.07) is 10.2. The minimum Gasteiger partial charge on any atom is -0.368 e. The molecule has 1 N–H and O–H groups in total. The predicted molar refractivity (Wildman–Crippen MR) is 91.9 cm³/mol. The summed E-state index contributed by atoms with van der Waals surface area (Å²) < 4.78 is 0. The van der Waals surface area contributed by atoms with Gasteiger partial charge in [-0.2, -0.15) is 0 Å². The molecule has 0 saturated heterocycles. The van der Waals surface area contributed by atoms with E-state index in [0.717, 1.165) is 12.1 Å². The Labute approximate surface area is 136 Å². The molecule has 2 heterocycles. The van der Waals surface area contributed by atoms with Gasteiger partial charge in [0.25, 0.3) is 5.91 Å². The van der Waals surface area contributed by atoms with Gasteiger partial charge in [-0.25, -0.2) is 9.97 Å². The van der Waals surface area contributed by atoms with Crippen molar-refractivity contribution in [1.82, 2.24) is 9.97 Å². The molecule has 0 spiro atoms. The van der Waals surface area contributed by atoms with Crippen LogP contribution < -0.4 is 10.2 Å². The highest BCUT2D eigenvalue weighted by molar-refractivity contribution is 6.06. The van der Waals surface area contributed by atoms with E-state index in [0.29, 0.717) is 17.3 Å². The Kier molecular flexibility index (Phi) is 4.03. The van der Waals surface area contributed by atoms with Crippen molar-refractivity contribution in [2.45, 2.75) is 46.2 Å². The van der Waals surface area contributed by atoms with Crippen LogP contribution in [0.15, 0.2) is 30.3 Å². The zero-order chi connectivity index (χ0) is 16.6. The van der Waals surface area contributed by atoms with E-state index < -0.39 is 0 Å². The number of aromatic nitrogens is 2. The summed E-state index contributed by atoms with van der Waals surface area (Å²) in [5.41, 5.74) is 2.63. The Hall–Kier alpha value is -2.43. The van der Waals surface area contributed by atoms with Crippen LogP contribution in [0.5, 0.6) is 0 Å². The van der Waals surface area contributed by atoms with Gasteiger partial charge in [0, 0.05) is 23.8 Å². The molecule has 1 amide bonds. The SMILES string of the molecule is Cc1nc(NC(C)C)cc(C(=O)N2c3ccccc3CC2C)n1. The summed E-state index contributed by atoms with van der Waals surface area (Å²) in [7, 11) is 0. The van der Waals surface area contributed by atoms with E-state index in [-0.39, 0.29) is 18.0 Å². The third-order valence-electron chi connectivity index (χ3n) is 3.92. The highest BCUT2D eigenvalue weighted by Gasteiger charge is 2.32. The fraction of sp³-hybridized carbons (Fsp3) is 0.389. The molecule has 23 heavy (non-hydrogen) atoms. The number of hydrogen-bond acceptors (Lipinski definition) is 4. The Bertz CT molecular complexity index is 742. The van der Waals surface area contributed by atoms with Crippen LogP contribution in [-0.2, 0) is 6.42 Å². The predicted octanol–water partition coefficient (Wildman–Crippen LogP) is 3.20. The van der Waals surface area contributed by atoms with Crippen LogP contribution in [0.2, 0.25) is 0 Å². The number of para-hydroxylation sites is 1. The topological polar surface area (TPSA) is 58.1 Å². The molecule has 0 saturated carbocycles. The number of carbonyl (C=O) groups excluding carboxylic acids is 1. The van der Waals surface area contributed by atoms with Crippen molar-refractivity contribution in [1.29, 1.82) is 0 Å². The van der Waals surface area contributed by atoms with Gasteiger partial charge in [-0.15, -0.1) is 0 Å². The second-order valence-corrected chi connectivity index (χ2v) is 6.34. The van der Waals surface area contributed by atoms with Gasteiger partial charge in [-0.3, -0.25) is 4.79 Å². The first-order valence-electron chi connectivity index (χ1n) is 7.99. The van der Waals surface area contributed by atoms with Crippen molar-refractivity contribution in [2.75, 3.05) is 10.2 Å². The number of fused-ring (bicyclic) bond motifs is 1. The molecule has 5 heteroatoms. The Morgan fingerprint density at radius 2 is 2.04 bits per heavy atom. The van der Waals surface area contributed by atoms with E-state index in [2.05, 4.69) is 28.3 Å². The van der Waals surface area contributed by atoms with Crippen LogP contribution in [0.3, 0.4) is 0 Å². The molecule has 2 aromatic rings. The number of rotatable bonds is 3. The van der Waals surface area contributed by atoms with Crippen molar-refractivity contribution in [3.8, 4) is 0 Å². The summed E-state index contributed by atoms with van der Waals surface area (Å²) >= 11 is 0. The van der Waals surface area contributed by atoms with Crippen molar-refractivity contribution in [3.05, 3.63) is 47.4 Å². The van der Waals surface area contributed by atoms with Gasteiger partial charge in [0.05, 0.1) is 0 Å². The van der Waals surface area contributed by atoms with Gasteiger partial charge >= 0.3 is 0 Å². The second-order valence-electron chi connectivity index (χ2n) is 6.34. The Balaban J connectivity index is 1.96. The Morgan fingerprint density at radius 1 is 1.30 bits per heavy atom. The molecule has 1 aromatic heterocycles. The number of nitrogens with one attached hydrogen (secondary N) is 1. The number of aryl methyl sites for hydroxylation is 1. The number of anilines is 2. The lowest BCUT2D eigenvalue weighted by atomic mass is 10.1. The minimum atomic E-state index is -0.0697. The highest BCUT2D eigenvalue weighted by Crippen LogP contribution is 2.32. The molecule has 1 unspecified atom stereocenters. The van der Waals surface area contributed by atoms with E-state index in [1.54, 1.807) is 6.07 Å². The molecular weight excluding hydrogens is 288 g/mol. The molecule has 0 bridgehead atoms. The second kappa shape index (κ2) is 5.99. The van der Waals surface area contributed by atoms with Gasteiger partial charge < -0.3 is 10.2 Å². The van der Waals surface area contributed by atoms with E-state index in [9.17, 15) is 4.79 Å². The summed E-state index contributed by atoms with van der Waals surface area (Å²) in [5, 5.41) is 3.24. The van der Waals surface area contributed by atoms with Crippen LogP contribution in [0.4, 0.5) is 11.5 Å². The molecule has 1 aliphatic rings. The molecule has 0 aliphatic carbocycles. The van der Waals surface area contributed by atoms with Crippen molar-refractivity contribution in [2.24, 2.45) is 0 Å². The maximum Gasteiger partial charge on any atom is 0.277 e.